The monoisotopic (exact) mass is 239 g/mol. The van der Waals surface area contributed by atoms with Gasteiger partial charge in [-0.3, -0.25) is 4.79 Å². The Balaban J connectivity index is 2.20. The number of carbonyl (C=O) groups is 2. The van der Waals surface area contributed by atoms with Crippen LogP contribution in [0.3, 0.4) is 0 Å². The third-order valence-electron chi connectivity index (χ3n) is 2.37. The van der Waals surface area contributed by atoms with Gasteiger partial charge in [-0.1, -0.05) is 11.6 Å². The standard InChI is InChI=1S/C11H10ClNO3/c12-9-5-6(11(15)16)1-4-8(9)10(14)13-7-2-3-7/h1,4-5,7H,2-3H2,(H,13,14)(H,15,16). The van der Waals surface area contributed by atoms with Crippen molar-refractivity contribution in [2.45, 2.75) is 18.9 Å². The van der Waals surface area contributed by atoms with Crippen LogP contribution in [-0.4, -0.2) is 23.0 Å². The smallest absolute Gasteiger partial charge is 0.335 e. The molecule has 16 heavy (non-hydrogen) atoms. The van der Waals surface area contributed by atoms with Crippen LogP contribution in [0.2, 0.25) is 5.02 Å². The average molecular weight is 240 g/mol. The van der Waals surface area contributed by atoms with E-state index in [0.717, 1.165) is 12.8 Å². The Morgan fingerprint density at radius 2 is 2.06 bits per heavy atom. The highest BCUT2D eigenvalue weighted by atomic mass is 35.5. The van der Waals surface area contributed by atoms with E-state index in [2.05, 4.69) is 5.32 Å². The van der Waals surface area contributed by atoms with Gasteiger partial charge in [0.05, 0.1) is 16.1 Å². The number of amides is 1. The molecule has 2 rings (SSSR count). The van der Waals surface area contributed by atoms with E-state index in [4.69, 9.17) is 16.7 Å². The van der Waals surface area contributed by atoms with Crippen molar-refractivity contribution in [3.05, 3.63) is 34.3 Å². The van der Waals surface area contributed by atoms with Crippen LogP contribution in [0, 0.1) is 0 Å². The fourth-order valence-electron chi connectivity index (χ4n) is 1.32. The molecule has 1 fully saturated rings. The molecular formula is C11H10ClNO3. The van der Waals surface area contributed by atoms with Gasteiger partial charge in [-0.25, -0.2) is 4.79 Å². The third-order valence-corrected chi connectivity index (χ3v) is 2.69. The maximum absolute atomic E-state index is 11.7. The summed E-state index contributed by atoms with van der Waals surface area (Å²) in [5.74, 6) is -1.31. The lowest BCUT2D eigenvalue weighted by Gasteiger charge is -2.05. The van der Waals surface area contributed by atoms with Crippen LogP contribution in [0.5, 0.6) is 0 Å². The molecule has 0 bridgehead atoms. The fourth-order valence-corrected chi connectivity index (χ4v) is 1.59. The first-order chi connectivity index (χ1) is 7.58. The van der Waals surface area contributed by atoms with E-state index in [-0.39, 0.29) is 22.5 Å². The predicted molar refractivity (Wildman–Crippen MR) is 58.9 cm³/mol. The number of hydrogen-bond donors (Lipinski definition) is 2. The number of nitrogens with one attached hydrogen (secondary N) is 1. The Labute approximate surface area is 97.2 Å². The molecule has 2 N–H and O–H groups in total. The zero-order valence-corrected chi connectivity index (χ0v) is 9.12. The van der Waals surface area contributed by atoms with Crippen LogP contribution < -0.4 is 5.32 Å². The quantitative estimate of drug-likeness (QED) is 0.847. The van der Waals surface area contributed by atoms with E-state index in [0.29, 0.717) is 5.56 Å². The molecule has 1 aromatic rings. The number of benzene rings is 1. The highest BCUT2D eigenvalue weighted by Crippen LogP contribution is 2.22. The molecule has 4 nitrogen and oxygen atoms in total. The van der Waals surface area contributed by atoms with E-state index in [1.807, 2.05) is 0 Å². The Bertz CT molecular complexity index is 455. The van der Waals surface area contributed by atoms with Crippen molar-refractivity contribution in [1.29, 1.82) is 0 Å². The molecule has 0 atom stereocenters. The maximum atomic E-state index is 11.7. The van der Waals surface area contributed by atoms with Crippen LogP contribution >= 0.6 is 11.6 Å². The number of aromatic carboxylic acids is 1. The lowest BCUT2D eigenvalue weighted by molar-refractivity contribution is 0.0696. The van der Waals surface area contributed by atoms with Crippen molar-refractivity contribution in [3.8, 4) is 0 Å². The van der Waals surface area contributed by atoms with Crippen LogP contribution in [0.15, 0.2) is 18.2 Å². The van der Waals surface area contributed by atoms with Crippen molar-refractivity contribution in [3.63, 3.8) is 0 Å². The third kappa shape index (κ3) is 2.33. The van der Waals surface area contributed by atoms with Gasteiger partial charge >= 0.3 is 5.97 Å². The molecule has 0 aliphatic heterocycles. The van der Waals surface area contributed by atoms with Crippen LogP contribution in [0.4, 0.5) is 0 Å². The number of hydrogen-bond acceptors (Lipinski definition) is 2. The van der Waals surface area contributed by atoms with Gasteiger partial charge in [0.25, 0.3) is 5.91 Å². The number of rotatable bonds is 3. The second-order valence-electron chi connectivity index (χ2n) is 3.75. The second-order valence-corrected chi connectivity index (χ2v) is 4.15. The van der Waals surface area contributed by atoms with Gasteiger partial charge in [0.15, 0.2) is 0 Å². The molecule has 1 aromatic carbocycles. The topological polar surface area (TPSA) is 66.4 Å². The molecule has 0 unspecified atom stereocenters. The molecule has 5 heteroatoms. The lowest BCUT2D eigenvalue weighted by atomic mass is 10.1. The molecule has 0 spiro atoms. The molecular weight excluding hydrogens is 230 g/mol. The largest absolute Gasteiger partial charge is 0.478 e. The normalized spacial score (nSPS) is 14.6. The molecule has 0 saturated heterocycles. The van der Waals surface area contributed by atoms with Crippen molar-refractivity contribution in [1.82, 2.24) is 5.32 Å². The van der Waals surface area contributed by atoms with Gasteiger partial charge < -0.3 is 10.4 Å². The first-order valence-electron chi connectivity index (χ1n) is 4.91. The predicted octanol–water partition coefficient (Wildman–Crippen LogP) is 1.93. The molecule has 1 aliphatic carbocycles. The zero-order valence-electron chi connectivity index (χ0n) is 8.37. The number of carbonyl (C=O) groups excluding carboxylic acids is 1. The van der Waals surface area contributed by atoms with E-state index >= 15 is 0 Å². The summed E-state index contributed by atoms with van der Waals surface area (Å²) in [6.45, 7) is 0. The van der Waals surface area contributed by atoms with E-state index in [9.17, 15) is 9.59 Å². The van der Waals surface area contributed by atoms with E-state index < -0.39 is 5.97 Å². The van der Waals surface area contributed by atoms with Gasteiger partial charge in [-0.2, -0.15) is 0 Å². The Hall–Kier alpha value is -1.55. The molecule has 1 amide bonds. The van der Waals surface area contributed by atoms with Crippen molar-refractivity contribution in [2.75, 3.05) is 0 Å². The van der Waals surface area contributed by atoms with Gasteiger partial charge in [0, 0.05) is 6.04 Å². The molecule has 0 heterocycles. The van der Waals surface area contributed by atoms with Crippen molar-refractivity contribution >= 4 is 23.5 Å². The number of halogens is 1. The summed E-state index contributed by atoms with van der Waals surface area (Å²) in [7, 11) is 0. The molecule has 1 saturated carbocycles. The highest BCUT2D eigenvalue weighted by Gasteiger charge is 2.24. The summed E-state index contributed by atoms with van der Waals surface area (Å²) in [6.07, 6.45) is 1.99. The minimum atomic E-state index is -1.06. The highest BCUT2D eigenvalue weighted by molar-refractivity contribution is 6.34. The van der Waals surface area contributed by atoms with Crippen LogP contribution in [-0.2, 0) is 0 Å². The van der Waals surface area contributed by atoms with Crippen LogP contribution in [0.25, 0.3) is 0 Å². The van der Waals surface area contributed by atoms with E-state index in [1.165, 1.54) is 18.2 Å². The summed E-state index contributed by atoms with van der Waals surface area (Å²) in [4.78, 5) is 22.3. The van der Waals surface area contributed by atoms with Crippen LogP contribution in [0.1, 0.15) is 33.6 Å². The fraction of sp³-hybridized carbons (Fsp3) is 0.273. The maximum Gasteiger partial charge on any atom is 0.335 e. The number of carboxylic acid groups (broad SMARTS) is 1. The van der Waals surface area contributed by atoms with Crippen molar-refractivity contribution in [2.24, 2.45) is 0 Å². The summed E-state index contributed by atoms with van der Waals surface area (Å²) >= 11 is 5.85. The Morgan fingerprint density at radius 1 is 1.38 bits per heavy atom. The van der Waals surface area contributed by atoms with Gasteiger partial charge in [-0.05, 0) is 31.0 Å². The lowest BCUT2D eigenvalue weighted by Crippen LogP contribution is -2.25. The Morgan fingerprint density at radius 3 is 2.56 bits per heavy atom. The number of carboxylic acids is 1. The molecule has 0 aromatic heterocycles. The Kier molecular flexibility index (Phi) is 2.83. The summed E-state index contributed by atoms with van der Waals surface area (Å²) < 4.78 is 0. The summed E-state index contributed by atoms with van der Waals surface area (Å²) in [6, 6.07) is 4.34. The zero-order chi connectivity index (χ0) is 11.7. The minimum Gasteiger partial charge on any atom is -0.478 e. The first kappa shape index (κ1) is 11.0. The molecule has 1 aliphatic rings. The van der Waals surface area contributed by atoms with Gasteiger partial charge in [0.1, 0.15) is 0 Å². The first-order valence-corrected chi connectivity index (χ1v) is 5.29. The summed E-state index contributed by atoms with van der Waals surface area (Å²) in [5.41, 5.74) is 0.395. The van der Waals surface area contributed by atoms with E-state index in [1.54, 1.807) is 0 Å². The SMILES string of the molecule is O=C(O)c1ccc(C(=O)NC2CC2)c(Cl)c1. The second kappa shape index (κ2) is 4.14. The van der Waals surface area contributed by atoms with Gasteiger partial charge in [0.2, 0.25) is 0 Å². The minimum absolute atomic E-state index is 0.0768. The van der Waals surface area contributed by atoms with Gasteiger partial charge in [-0.15, -0.1) is 0 Å². The molecule has 84 valence electrons. The average Bonchev–Trinajstić information content (AvgIpc) is 3.01. The van der Waals surface area contributed by atoms with Crippen molar-refractivity contribution < 1.29 is 14.7 Å². The summed E-state index contributed by atoms with van der Waals surface area (Å²) in [5, 5.41) is 11.7. The molecule has 0 radical (unpaired) electrons.